The van der Waals surface area contributed by atoms with Gasteiger partial charge in [-0.15, -0.1) is 0 Å². The summed E-state index contributed by atoms with van der Waals surface area (Å²) in [6.45, 7) is 6.19. The van der Waals surface area contributed by atoms with Gasteiger partial charge in [0.2, 0.25) is 5.91 Å². The van der Waals surface area contributed by atoms with Gasteiger partial charge < -0.3 is 15.0 Å². The minimum atomic E-state index is -0.349. The van der Waals surface area contributed by atoms with E-state index in [2.05, 4.69) is 19.2 Å². The second-order valence-corrected chi connectivity index (χ2v) is 5.85. The first kappa shape index (κ1) is 15.8. The lowest BCUT2D eigenvalue weighted by Gasteiger charge is -2.31. The standard InChI is InChI=1S/C17H26N2O2/c1-4-17(10-5-11-18-17)16(20)19(3)12-13-21-15-8-6-14(2)7-9-15/h6-9,18H,4-5,10-13H2,1-3H3. The topological polar surface area (TPSA) is 41.6 Å². The van der Waals surface area contributed by atoms with Crippen molar-refractivity contribution >= 4 is 5.91 Å². The number of carbonyl (C=O) groups excluding carboxylic acids is 1. The van der Waals surface area contributed by atoms with Gasteiger partial charge in [-0.05, 0) is 44.9 Å². The van der Waals surface area contributed by atoms with Crippen molar-refractivity contribution in [2.75, 3.05) is 26.7 Å². The molecule has 1 aromatic rings. The third kappa shape index (κ3) is 3.76. The molecule has 21 heavy (non-hydrogen) atoms. The number of ether oxygens (including phenoxy) is 1. The van der Waals surface area contributed by atoms with Crippen LogP contribution in [0.15, 0.2) is 24.3 Å². The maximum atomic E-state index is 12.6. The first-order chi connectivity index (χ1) is 10.1. The van der Waals surface area contributed by atoms with E-state index in [9.17, 15) is 4.79 Å². The number of likely N-dealkylation sites (N-methyl/N-ethyl adjacent to an activating group) is 1. The van der Waals surface area contributed by atoms with E-state index in [-0.39, 0.29) is 11.4 Å². The van der Waals surface area contributed by atoms with Crippen molar-refractivity contribution in [2.45, 2.75) is 38.6 Å². The highest BCUT2D eigenvalue weighted by Crippen LogP contribution is 2.25. The highest BCUT2D eigenvalue weighted by atomic mass is 16.5. The molecule has 0 aromatic heterocycles. The third-order valence-electron chi connectivity index (χ3n) is 4.32. The van der Waals surface area contributed by atoms with Crippen LogP contribution in [0.5, 0.6) is 5.75 Å². The SMILES string of the molecule is CCC1(C(=O)N(C)CCOc2ccc(C)cc2)CCCN1. The monoisotopic (exact) mass is 290 g/mol. The fraction of sp³-hybridized carbons (Fsp3) is 0.588. The highest BCUT2D eigenvalue weighted by Gasteiger charge is 2.40. The van der Waals surface area contributed by atoms with E-state index in [1.807, 2.05) is 31.3 Å². The van der Waals surface area contributed by atoms with E-state index in [0.29, 0.717) is 13.2 Å². The fourth-order valence-electron chi connectivity index (χ4n) is 2.84. The van der Waals surface area contributed by atoms with E-state index in [1.54, 1.807) is 4.90 Å². The predicted octanol–water partition coefficient (Wildman–Crippen LogP) is 2.36. The van der Waals surface area contributed by atoms with Crippen LogP contribution < -0.4 is 10.1 Å². The van der Waals surface area contributed by atoms with Crippen LogP contribution in [-0.4, -0.2) is 43.1 Å². The number of amides is 1. The molecule has 1 unspecified atom stereocenters. The number of hydrogen-bond acceptors (Lipinski definition) is 3. The Morgan fingerprint density at radius 3 is 2.67 bits per heavy atom. The van der Waals surface area contributed by atoms with E-state index >= 15 is 0 Å². The predicted molar refractivity (Wildman–Crippen MR) is 84.6 cm³/mol. The molecule has 0 bridgehead atoms. The second-order valence-electron chi connectivity index (χ2n) is 5.85. The van der Waals surface area contributed by atoms with Gasteiger partial charge in [0.05, 0.1) is 12.1 Å². The van der Waals surface area contributed by atoms with E-state index in [4.69, 9.17) is 4.74 Å². The molecule has 1 fully saturated rings. The average Bonchev–Trinajstić information content (AvgIpc) is 2.98. The minimum absolute atomic E-state index is 0.190. The summed E-state index contributed by atoms with van der Waals surface area (Å²) in [5, 5.41) is 3.38. The Bertz CT molecular complexity index is 464. The molecular weight excluding hydrogens is 264 g/mol. The second kappa shape index (κ2) is 6.94. The summed E-state index contributed by atoms with van der Waals surface area (Å²) in [7, 11) is 1.86. The zero-order valence-corrected chi connectivity index (χ0v) is 13.3. The highest BCUT2D eigenvalue weighted by molar-refractivity contribution is 5.86. The van der Waals surface area contributed by atoms with Crippen LogP contribution in [0.2, 0.25) is 0 Å². The van der Waals surface area contributed by atoms with E-state index < -0.39 is 0 Å². The molecular formula is C17H26N2O2. The normalized spacial score (nSPS) is 21.3. The summed E-state index contributed by atoms with van der Waals surface area (Å²) >= 11 is 0. The fourth-order valence-corrected chi connectivity index (χ4v) is 2.84. The van der Waals surface area contributed by atoms with Gasteiger partial charge >= 0.3 is 0 Å². The summed E-state index contributed by atoms with van der Waals surface area (Å²) < 4.78 is 5.70. The Balaban J connectivity index is 1.82. The Morgan fingerprint density at radius 1 is 1.38 bits per heavy atom. The Morgan fingerprint density at radius 2 is 2.10 bits per heavy atom. The maximum absolute atomic E-state index is 12.6. The number of carbonyl (C=O) groups is 1. The van der Waals surface area contributed by atoms with E-state index in [0.717, 1.165) is 31.6 Å². The molecule has 0 radical (unpaired) electrons. The Kier molecular flexibility index (Phi) is 5.23. The number of aryl methyl sites for hydroxylation is 1. The molecule has 116 valence electrons. The molecule has 4 heteroatoms. The van der Waals surface area contributed by atoms with Crippen LogP contribution in [0.4, 0.5) is 0 Å². The van der Waals surface area contributed by atoms with Crippen LogP contribution in [0.1, 0.15) is 31.7 Å². The first-order valence-corrected chi connectivity index (χ1v) is 7.77. The molecule has 1 N–H and O–H groups in total. The van der Waals surface area contributed by atoms with Crippen LogP contribution in [0.25, 0.3) is 0 Å². The number of hydrogen-bond donors (Lipinski definition) is 1. The molecule has 0 aliphatic carbocycles. The van der Waals surface area contributed by atoms with Crippen molar-refractivity contribution < 1.29 is 9.53 Å². The summed E-state index contributed by atoms with van der Waals surface area (Å²) in [6, 6.07) is 7.98. The van der Waals surface area contributed by atoms with Gasteiger partial charge in [0.25, 0.3) is 0 Å². The average molecular weight is 290 g/mol. The molecule has 1 saturated heterocycles. The number of rotatable bonds is 6. The van der Waals surface area contributed by atoms with Crippen molar-refractivity contribution in [3.8, 4) is 5.75 Å². The largest absolute Gasteiger partial charge is 0.492 e. The molecule has 0 saturated carbocycles. The van der Waals surface area contributed by atoms with Gasteiger partial charge in [0.1, 0.15) is 12.4 Å². The molecule has 1 atom stereocenters. The van der Waals surface area contributed by atoms with Crippen molar-refractivity contribution in [1.82, 2.24) is 10.2 Å². The summed E-state index contributed by atoms with van der Waals surface area (Å²) in [4.78, 5) is 14.4. The van der Waals surface area contributed by atoms with Gasteiger partial charge in [0.15, 0.2) is 0 Å². The van der Waals surface area contributed by atoms with Crippen molar-refractivity contribution in [3.63, 3.8) is 0 Å². The van der Waals surface area contributed by atoms with Crippen molar-refractivity contribution in [3.05, 3.63) is 29.8 Å². The molecule has 1 aromatic carbocycles. The van der Waals surface area contributed by atoms with Gasteiger partial charge in [-0.1, -0.05) is 24.6 Å². The molecule has 4 nitrogen and oxygen atoms in total. The van der Waals surface area contributed by atoms with Gasteiger partial charge in [-0.2, -0.15) is 0 Å². The van der Waals surface area contributed by atoms with Gasteiger partial charge in [0, 0.05) is 7.05 Å². The zero-order chi connectivity index (χ0) is 15.3. The first-order valence-electron chi connectivity index (χ1n) is 7.77. The smallest absolute Gasteiger partial charge is 0.242 e. The Hall–Kier alpha value is -1.55. The third-order valence-corrected chi connectivity index (χ3v) is 4.32. The van der Waals surface area contributed by atoms with Crippen molar-refractivity contribution in [2.24, 2.45) is 0 Å². The van der Waals surface area contributed by atoms with E-state index in [1.165, 1.54) is 5.56 Å². The van der Waals surface area contributed by atoms with Crippen LogP contribution >= 0.6 is 0 Å². The van der Waals surface area contributed by atoms with Gasteiger partial charge in [-0.3, -0.25) is 4.79 Å². The molecule has 1 heterocycles. The number of nitrogens with one attached hydrogen (secondary N) is 1. The lowest BCUT2D eigenvalue weighted by atomic mass is 9.92. The lowest BCUT2D eigenvalue weighted by Crippen LogP contribution is -2.54. The van der Waals surface area contributed by atoms with Crippen LogP contribution in [0, 0.1) is 6.92 Å². The zero-order valence-electron chi connectivity index (χ0n) is 13.3. The van der Waals surface area contributed by atoms with Crippen LogP contribution in [0.3, 0.4) is 0 Å². The van der Waals surface area contributed by atoms with Gasteiger partial charge in [-0.25, -0.2) is 0 Å². The number of benzene rings is 1. The number of nitrogens with zero attached hydrogens (tertiary/aromatic N) is 1. The molecule has 1 amide bonds. The quantitative estimate of drug-likeness (QED) is 0.874. The minimum Gasteiger partial charge on any atom is -0.492 e. The maximum Gasteiger partial charge on any atom is 0.242 e. The lowest BCUT2D eigenvalue weighted by molar-refractivity contribution is -0.137. The Labute approximate surface area is 127 Å². The molecule has 1 aliphatic rings. The summed E-state index contributed by atoms with van der Waals surface area (Å²) in [5.41, 5.74) is 0.866. The van der Waals surface area contributed by atoms with Crippen LogP contribution in [-0.2, 0) is 4.79 Å². The molecule has 0 spiro atoms. The summed E-state index contributed by atoms with van der Waals surface area (Å²) in [5.74, 6) is 1.04. The summed E-state index contributed by atoms with van der Waals surface area (Å²) in [6.07, 6.45) is 2.85. The molecule has 2 rings (SSSR count). The molecule has 1 aliphatic heterocycles. The van der Waals surface area contributed by atoms with Crippen molar-refractivity contribution in [1.29, 1.82) is 0 Å².